The highest BCUT2D eigenvalue weighted by Crippen LogP contribution is 2.29. The van der Waals surface area contributed by atoms with Crippen molar-refractivity contribution < 1.29 is 10.2 Å². The molecule has 0 saturated heterocycles. The van der Waals surface area contributed by atoms with Crippen LogP contribution in [-0.2, 0) is 0 Å². The third kappa shape index (κ3) is 2.80. The second-order valence-electron chi connectivity index (χ2n) is 5.10. The van der Waals surface area contributed by atoms with Gasteiger partial charge in [-0.25, -0.2) is 0 Å². The fourth-order valence-corrected chi connectivity index (χ4v) is 2.95. The molecule has 2 aromatic heterocycles. The Morgan fingerprint density at radius 1 is 1.32 bits per heavy atom. The average molecular weight is 319 g/mol. The Morgan fingerprint density at radius 3 is 2.86 bits per heavy atom. The highest BCUT2D eigenvalue weighted by Gasteiger charge is 2.12. The zero-order valence-corrected chi connectivity index (χ0v) is 13.1. The molecule has 0 fully saturated rings. The molecule has 0 aliphatic rings. The van der Waals surface area contributed by atoms with Crippen molar-refractivity contribution in [1.82, 2.24) is 19.8 Å². The molecule has 3 rings (SSSR count). The molecule has 3 N–H and O–H groups in total. The SMILES string of the molecule is Cc1ccc(-c2nn3c(C)nnc3s2)cc1NCC(O)CO. The molecule has 0 aliphatic heterocycles. The van der Waals surface area contributed by atoms with Crippen LogP contribution in [0, 0.1) is 13.8 Å². The summed E-state index contributed by atoms with van der Waals surface area (Å²) in [6.45, 7) is 3.88. The van der Waals surface area contributed by atoms with Crippen LogP contribution in [0.4, 0.5) is 5.69 Å². The first-order chi connectivity index (χ1) is 10.6. The Labute approximate surface area is 131 Å². The fourth-order valence-electron chi connectivity index (χ4n) is 2.07. The first-order valence-corrected chi connectivity index (χ1v) is 7.73. The highest BCUT2D eigenvalue weighted by atomic mass is 32.1. The van der Waals surface area contributed by atoms with E-state index in [1.54, 1.807) is 4.52 Å². The summed E-state index contributed by atoms with van der Waals surface area (Å²) in [7, 11) is 0. The van der Waals surface area contributed by atoms with Gasteiger partial charge in [-0.1, -0.05) is 23.5 Å². The van der Waals surface area contributed by atoms with Gasteiger partial charge in [-0.3, -0.25) is 0 Å². The topological polar surface area (TPSA) is 95.6 Å². The quantitative estimate of drug-likeness (QED) is 0.655. The van der Waals surface area contributed by atoms with Gasteiger partial charge < -0.3 is 15.5 Å². The van der Waals surface area contributed by atoms with Gasteiger partial charge in [-0.05, 0) is 25.5 Å². The molecule has 0 radical (unpaired) electrons. The van der Waals surface area contributed by atoms with E-state index in [1.165, 1.54) is 11.3 Å². The number of rotatable bonds is 5. The van der Waals surface area contributed by atoms with Crippen LogP contribution in [0.15, 0.2) is 18.2 Å². The molecule has 0 spiro atoms. The fraction of sp³-hybridized carbons (Fsp3) is 0.357. The van der Waals surface area contributed by atoms with Crippen LogP contribution in [0.3, 0.4) is 0 Å². The van der Waals surface area contributed by atoms with Gasteiger partial charge in [0.1, 0.15) is 5.01 Å². The lowest BCUT2D eigenvalue weighted by Crippen LogP contribution is -2.23. The van der Waals surface area contributed by atoms with Crippen molar-refractivity contribution in [3.63, 3.8) is 0 Å². The summed E-state index contributed by atoms with van der Waals surface area (Å²) in [6.07, 6.45) is -0.778. The average Bonchev–Trinajstić information content (AvgIpc) is 3.08. The number of aromatic nitrogens is 4. The Bertz CT molecular complexity index is 798. The third-order valence-electron chi connectivity index (χ3n) is 3.37. The summed E-state index contributed by atoms with van der Waals surface area (Å²) in [5.74, 6) is 0.758. The maximum absolute atomic E-state index is 9.45. The molecule has 0 bridgehead atoms. The molecule has 1 atom stereocenters. The molecule has 8 heteroatoms. The van der Waals surface area contributed by atoms with E-state index in [2.05, 4.69) is 20.6 Å². The number of nitrogens with zero attached hydrogens (tertiary/aromatic N) is 4. The predicted molar refractivity (Wildman–Crippen MR) is 85.2 cm³/mol. The van der Waals surface area contributed by atoms with Crippen molar-refractivity contribution in [3.05, 3.63) is 29.6 Å². The number of aryl methyl sites for hydroxylation is 2. The van der Waals surface area contributed by atoms with Crippen molar-refractivity contribution in [2.75, 3.05) is 18.5 Å². The monoisotopic (exact) mass is 319 g/mol. The summed E-state index contributed by atoms with van der Waals surface area (Å²) >= 11 is 1.48. The van der Waals surface area contributed by atoms with Gasteiger partial charge in [0.15, 0.2) is 5.82 Å². The second-order valence-corrected chi connectivity index (χ2v) is 6.05. The lowest BCUT2D eigenvalue weighted by molar-refractivity contribution is 0.105. The number of aliphatic hydroxyl groups is 2. The Hall–Kier alpha value is -2.03. The van der Waals surface area contributed by atoms with Crippen LogP contribution in [0.5, 0.6) is 0 Å². The third-order valence-corrected chi connectivity index (χ3v) is 4.32. The van der Waals surface area contributed by atoms with Crippen LogP contribution in [-0.4, -0.2) is 49.3 Å². The van der Waals surface area contributed by atoms with Crippen LogP contribution < -0.4 is 5.32 Å². The van der Waals surface area contributed by atoms with Crippen molar-refractivity contribution in [1.29, 1.82) is 0 Å². The Kier molecular flexibility index (Phi) is 4.06. The van der Waals surface area contributed by atoms with E-state index in [0.29, 0.717) is 6.54 Å². The number of benzene rings is 1. The summed E-state index contributed by atoms with van der Waals surface area (Å²) in [5.41, 5.74) is 2.95. The Balaban J connectivity index is 1.90. The van der Waals surface area contributed by atoms with Crippen molar-refractivity contribution in [3.8, 4) is 10.6 Å². The Morgan fingerprint density at radius 2 is 2.14 bits per heavy atom. The van der Waals surface area contributed by atoms with Gasteiger partial charge in [0.2, 0.25) is 4.96 Å². The molecular weight excluding hydrogens is 302 g/mol. The van der Waals surface area contributed by atoms with Gasteiger partial charge in [-0.15, -0.1) is 10.2 Å². The molecule has 116 valence electrons. The molecule has 0 aliphatic carbocycles. The van der Waals surface area contributed by atoms with E-state index in [1.807, 2.05) is 32.0 Å². The van der Waals surface area contributed by atoms with Crippen molar-refractivity contribution in [2.45, 2.75) is 20.0 Å². The van der Waals surface area contributed by atoms with E-state index < -0.39 is 6.10 Å². The number of hydrogen-bond acceptors (Lipinski definition) is 7. The first-order valence-electron chi connectivity index (χ1n) is 6.91. The first kappa shape index (κ1) is 14.9. The number of fused-ring (bicyclic) bond motifs is 1. The smallest absolute Gasteiger partial charge is 0.234 e. The molecule has 1 aromatic carbocycles. The normalized spacial score (nSPS) is 12.7. The largest absolute Gasteiger partial charge is 0.394 e. The second kappa shape index (κ2) is 5.99. The van der Waals surface area contributed by atoms with E-state index in [0.717, 1.165) is 32.6 Å². The lowest BCUT2D eigenvalue weighted by atomic mass is 10.1. The molecule has 1 unspecified atom stereocenters. The van der Waals surface area contributed by atoms with E-state index in [-0.39, 0.29) is 6.61 Å². The van der Waals surface area contributed by atoms with Gasteiger partial charge in [0.05, 0.1) is 12.7 Å². The lowest BCUT2D eigenvalue weighted by Gasteiger charge is -2.13. The number of aliphatic hydroxyl groups excluding tert-OH is 2. The van der Waals surface area contributed by atoms with E-state index in [9.17, 15) is 5.11 Å². The van der Waals surface area contributed by atoms with Crippen LogP contribution in [0.25, 0.3) is 15.5 Å². The minimum atomic E-state index is -0.778. The summed E-state index contributed by atoms with van der Waals surface area (Å²) in [5, 5.41) is 34.9. The molecule has 7 nitrogen and oxygen atoms in total. The van der Waals surface area contributed by atoms with Gasteiger partial charge in [-0.2, -0.15) is 9.61 Å². The number of hydrogen-bond donors (Lipinski definition) is 3. The zero-order chi connectivity index (χ0) is 15.7. The standard InChI is InChI=1S/C14H17N5O2S/c1-8-3-4-10(5-12(8)15-6-11(21)7-20)13-18-19-9(2)16-17-14(19)22-13/h3-5,11,15,20-21H,6-7H2,1-2H3. The van der Waals surface area contributed by atoms with E-state index in [4.69, 9.17) is 5.11 Å². The predicted octanol–water partition coefficient (Wildman–Crippen LogP) is 1.23. The maximum Gasteiger partial charge on any atom is 0.234 e. The molecule has 0 amide bonds. The van der Waals surface area contributed by atoms with Crippen LogP contribution in [0.2, 0.25) is 0 Å². The van der Waals surface area contributed by atoms with Crippen LogP contribution in [0.1, 0.15) is 11.4 Å². The molecular formula is C14H17N5O2S. The minimum absolute atomic E-state index is 0.262. The molecule has 22 heavy (non-hydrogen) atoms. The number of nitrogens with one attached hydrogen (secondary N) is 1. The van der Waals surface area contributed by atoms with Crippen LogP contribution >= 0.6 is 11.3 Å². The summed E-state index contributed by atoms with van der Waals surface area (Å²) in [4.78, 5) is 0.762. The van der Waals surface area contributed by atoms with E-state index >= 15 is 0 Å². The zero-order valence-electron chi connectivity index (χ0n) is 12.3. The molecule has 0 saturated carbocycles. The van der Waals surface area contributed by atoms with Crippen molar-refractivity contribution >= 4 is 22.0 Å². The number of anilines is 1. The highest BCUT2D eigenvalue weighted by molar-refractivity contribution is 7.19. The summed E-state index contributed by atoms with van der Waals surface area (Å²) in [6, 6.07) is 5.99. The van der Waals surface area contributed by atoms with Gasteiger partial charge in [0, 0.05) is 17.8 Å². The maximum atomic E-state index is 9.45. The molecule has 3 aromatic rings. The summed E-state index contributed by atoms with van der Waals surface area (Å²) < 4.78 is 1.72. The minimum Gasteiger partial charge on any atom is -0.394 e. The van der Waals surface area contributed by atoms with Crippen molar-refractivity contribution in [2.24, 2.45) is 0 Å². The van der Waals surface area contributed by atoms with Gasteiger partial charge in [0.25, 0.3) is 0 Å². The van der Waals surface area contributed by atoms with Gasteiger partial charge >= 0.3 is 0 Å². The molecule has 2 heterocycles.